The van der Waals surface area contributed by atoms with Crippen LogP contribution in [0.5, 0.6) is 0 Å². The molecule has 5 nitrogen and oxygen atoms in total. The van der Waals surface area contributed by atoms with Crippen LogP contribution in [0.25, 0.3) is 5.57 Å². The number of nitrogens with one attached hydrogen (secondary N) is 1. The highest BCUT2D eigenvalue weighted by Gasteiger charge is 2.48. The molecule has 1 amide bonds. The molecule has 1 aliphatic carbocycles. The van der Waals surface area contributed by atoms with Crippen LogP contribution in [0.2, 0.25) is 0 Å². The first-order valence-corrected chi connectivity index (χ1v) is 6.22. The van der Waals surface area contributed by atoms with Crippen LogP contribution in [0, 0.1) is 0 Å². The minimum absolute atomic E-state index is 0.571. The highest BCUT2D eigenvalue weighted by atomic mass is 19.4. The maximum absolute atomic E-state index is 12.6. The zero-order chi connectivity index (χ0) is 16.4. The summed E-state index contributed by atoms with van der Waals surface area (Å²) in [5, 5.41) is 10.5. The number of carboxylic acid groups (broad SMARTS) is 1. The summed E-state index contributed by atoms with van der Waals surface area (Å²) in [5.41, 5.74) is 4.63. The summed E-state index contributed by atoms with van der Waals surface area (Å²) < 4.78 is 41.6. The molecule has 0 radical (unpaired) electrons. The van der Waals surface area contributed by atoms with Crippen LogP contribution in [0.15, 0.2) is 48.6 Å². The average Bonchev–Trinajstić information content (AvgIpc) is 2.40. The number of allylic oxidation sites excluding steroid dienone is 2. The van der Waals surface area contributed by atoms with E-state index in [1.807, 2.05) is 0 Å². The Balaban J connectivity index is 2.34. The number of nitrogens with two attached hydrogens (primary N) is 1. The lowest BCUT2D eigenvalue weighted by Gasteiger charge is -2.37. The van der Waals surface area contributed by atoms with Crippen LogP contribution in [-0.4, -0.2) is 29.3 Å². The predicted octanol–water partition coefficient (Wildman–Crippen LogP) is 2.47. The van der Waals surface area contributed by atoms with Crippen LogP contribution in [0.3, 0.4) is 0 Å². The minimum Gasteiger partial charge on any atom is -0.465 e. The smallest absolute Gasteiger partial charge is 0.465 e. The Bertz CT molecular complexity index is 614. The lowest BCUT2D eigenvalue weighted by molar-refractivity contribution is -0.363. The number of benzene rings is 1. The van der Waals surface area contributed by atoms with Gasteiger partial charge in [-0.3, -0.25) is 10.1 Å². The van der Waals surface area contributed by atoms with Gasteiger partial charge in [-0.15, -0.1) is 13.2 Å². The van der Waals surface area contributed by atoms with Crippen LogP contribution in [0.4, 0.5) is 18.0 Å². The van der Waals surface area contributed by atoms with Crippen molar-refractivity contribution in [1.29, 1.82) is 0 Å². The van der Waals surface area contributed by atoms with Gasteiger partial charge in [0.25, 0.3) is 0 Å². The fourth-order valence-corrected chi connectivity index (χ4v) is 2.13. The standard InChI is InChI=1S/C14H13F3N2O3/c15-14(16,17)22-13(19-12(20)21)7-6-10(8-11(13)18)9-4-2-1-3-5-9/h1-8,11,19H,18H2,(H,20,21). The Morgan fingerprint density at radius 2 is 1.95 bits per heavy atom. The van der Waals surface area contributed by atoms with Crippen LogP contribution in [-0.2, 0) is 4.74 Å². The van der Waals surface area contributed by atoms with Crippen molar-refractivity contribution < 1.29 is 27.8 Å². The highest BCUT2D eigenvalue weighted by molar-refractivity contribution is 5.77. The summed E-state index contributed by atoms with van der Waals surface area (Å²) in [4.78, 5) is 10.8. The van der Waals surface area contributed by atoms with Gasteiger partial charge in [0, 0.05) is 0 Å². The van der Waals surface area contributed by atoms with Crippen molar-refractivity contribution in [2.45, 2.75) is 18.1 Å². The molecule has 0 bridgehead atoms. The molecule has 22 heavy (non-hydrogen) atoms. The summed E-state index contributed by atoms with van der Waals surface area (Å²) in [7, 11) is 0. The lowest BCUT2D eigenvalue weighted by Crippen LogP contribution is -2.62. The molecule has 1 aromatic rings. The van der Waals surface area contributed by atoms with Gasteiger partial charge in [-0.2, -0.15) is 0 Å². The second-order valence-electron chi connectivity index (χ2n) is 4.62. The maximum Gasteiger partial charge on any atom is 0.524 e. The van der Waals surface area contributed by atoms with Crippen molar-refractivity contribution in [2.75, 3.05) is 0 Å². The third-order valence-corrected chi connectivity index (χ3v) is 3.06. The van der Waals surface area contributed by atoms with Gasteiger partial charge in [0.1, 0.15) is 0 Å². The molecule has 0 aliphatic heterocycles. The maximum atomic E-state index is 12.6. The number of hydrogen-bond donors (Lipinski definition) is 3. The first-order chi connectivity index (χ1) is 10.2. The van der Waals surface area contributed by atoms with Gasteiger partial charge >= 0.3 is 12.5 Å². The van der Waals surface area contributed by atoms with E-state index >= 15 is 0 Å². The Hall–Kier alpha value is -2.32. The van der Waals surface area contributed by atoms with E-state index in [1.165, 1.54) is 12.2 Å². The molecule has 2 unspecified atom stereocenters. The Kier molecular flexibility index (Phi) is 4.25. The van der Waals surface area contributed by atoms with E-state index in [1.54, 1.807) is 35.6 Å². The molecular formula is C14H13F3N2O3. The van der Waals surface area contributed by atoms with Crippen LogP contribution < -0.4 is 11.1 Å². The lowest BCUT2D eigenvalue weighted by atomic mass is 9.91. The molecule has 2 rings (SSSR count). The SMILES string of the molecule is NC1C=C(c2ccccc2)C=CC1(NC(=O)O)OC(F)(F)F. The van der Waals surface area contributed by atoms with Crippen molar-refractivity contribution in [3.05, 3.63) is 54.1 Å². The van der Waals surface area contributed by atoms with E-state index in [0.29, 0.717) is 5.57 Å². The van der Waals surface area contributed by atoms with Gasteiger partial charge in [-0.1, -0.05) is 42.5 Å². The van der Waals surface area contributed by atoms with E-state index in [0.717, 1.165) is 11.6 Å². The van der Waals surface area contributed by atoms with E-state index in [9.17, 15) is 18.0 Å². The molecule has 0 aromatic heterocycles. The molecule has 118 valence electrons. The quantitative estimate of drug-likeness (QED) is 0.748. The van der Waals surface area contributed by atoms with E-state index < -0.39 is 24.2 Å². The molecule has 0 spiro atoms. The topological polar surface area (TPSA) is 84.6 Å². The summed E-state index contributed by atoms with van der Waals surface area (Å²) in [6, 6.07) is 7.47. The Labute approximate surface area is 123 Å². The number of rotatable bonds is 3. The van der Waals surface area contributed by atoms with E-state index in [4.69, 9.17) is 10.8 Å². The Morgan fingerprint density at radius 1 is 1.32 bits per heavy atom. The second kappa shape index (κ2) is 5.82. The van der Waals surface area contributed by atoms with Gasteiger partial charge in [0.2, 0.25) is 0 Å². The summed E-state index contributed by atoms with van der Waals surface area (Å²) in [6.45, 7) is 0. The molecule has 0 saturated heterocycles. The zero-order valence-electron chi connectivity index (χ0n) is 11.2. The largest absolute Gasteiger partial charge is 0.524 e. The van der Waals surface area contributed by atoms with Crippen LogP contribution >= 0.6 is 0 Å². The molecule has 1 aliphatic rings. The molecule has 0 heterocycles. The van der Waals surface area contributed by atoms with Gasteiger partial charge < -0.3 is 10.8 Å². The normalized spacial score (nSPS) is 24.7. The summed E-state index contributed by atoms with van der Waals surface area (Å²) in [5.74, 6) is 0. The van der Waals surface area contributed by atoms with Gasteiger partial charge in [-0.05, 0) is 17.2 Å². The number of ether oxygens (including phenoxy) is 1. The summed E-state index contributed by atoms with van der Waals surface area (Å²) >= 11 is 0. The zero-order valence-corrected chi connectivity index (χ0v) is 11.2. The predicted molar refractivity (Wildman–Crippen MR) is 72.6 cm³/mol. The Morgan fingerprint density at radius 3 is 2.45 bits per heavy atom. The third-order valence-electron chi connectivity index (χ3n) is 3.06. The molecule has 4 N–H and O–H groups in total. The summed E-state index contributed by atoms with van der Waals surface area (Å²) in [6.07, 6.45) is -3.12. The molecule has 2 atom stereocenters. The molecule has 1 aromatic carbocycles. The number of amides is 1. The van der Waals surface area contributed by atoms with Crippen molar-refractivity contribution in [2.24, 2.45) is 5.73 Å². The van der Waals surface area contributed by atoms with Crippen LogP contribution in [0.1, 0.15) is 5.56 Å². The molecule has 8 heteroatoms. The number of carbonyl (C=O) groups is 1. The molecular weight excluding hydrogens is 301 g/mol. The third kappa shape index (κ3) is 3.66. The number of halogens is 3. The fraction of sp³-hybridized carbons (Fsp3) is 0.214. The van der Waals surface area contributed by atoms with Crippen molar-refractivity contribution in [3.63, 3.8) is 0 Å². The van der Waals surface area contributed by atoms with E-state index in [2.05, 4.69) is 4.74 Å². The molecule has 0 saturated carbocycles. The average molecular weight is 314 g/mol. The van der Waals surface area contributed by atoms with E-state index in [-0.39, 0.29) is 0 Å². The van der Waals surface area contributed by atoms with Gasteiger partial charge in [0.05, 0.1) is 6.04 Å². The second-order valence-corrected chi connectivity index (χ2v) is 4.62. The minimum atomic E-state index is -5.05. The first-order valence-electron chi connectivity index (χ1n) is 6.22. The van der Waals surface area contributed by atoms with Gasteiger partial charge in [-0.25, -0.2) is 4.79 Å². The fourth-order valence-electron chi connectivity index (χ4n) is 2.13. The number of hydrogen-bond acceptors (Lipinski definition) is 3. The van der Waals surface area contributed by atoms with Crippen molar-refractivity contribution >= 4 is 11.7 Å². The van der Waals surface area contributed by atoms with Crippen molar-refractivity contribution in [3.8, 4) is 0 Å². The van der Waals surface area contributed by atoms with Gasteiger partial charge in [0.15, 0.2) is 5.72 Å². The number of alkyl halides is 3. The first kappa shape index (κ1) is 16.1. The highest BCUT2D eigenvalue weighted by Crippen LogP contribution is 2.32. The monoisotopic (exact) mass is 314 g/mol. The molecule has 0 fully saturated rings. The van der Waals surface area contributed by atoms with Crippen molar-refractivity contribution in [1.82, 2.24) is 5.32 Å².